The molecule has 0 saturated heterocycles. The molecule has 0 bridgehead atoms. The molecular weight excluding hydrogens is 369 g/mol. The Morgan fingerprint density at radius 1 is 0.375 bits per heavy atom. The summed E-state index contributed by atoms with van der Waals surface area (Å²) in [6, 6.07) is 0. The Hall–Kier alpha value is 0.708. The van der Waals surface area contributed by atoms with Gasteiger partial charge in [0.05, 0.1) is 0 Å². The zero-order chi connectivity index (χ0) is 20.8. The molecule has 0 aromatic rings. The number of rotatable bonds is 4. The van der Waals surface area contributed by atoms with Gasteiger partial charge in [-0.05, 0) is 52.4 Å². The summed E-state index contributed by atoms with van der Waals surface area (Å²) in [7, 11) is 2.37. The first-order valence-electron chi connectivity index (χ1n) is 8.45. The van der Waals surface area contributed by atoms with Gasteiger partial charge in [-0.25, -0.2) is 0 Å². The third-order valence-corrected chi connectivity index (χ3v) is 6.62. The molecule has 0 N–H and O–H groups in total. The Balaban J connectivity index is -0.000000112. The van der Waals surface area contributed by atoms with Crippen LogP contribution in [-0.4, -0.2) is 61.7 Å². The van der Waals surface area contributed by atoms with Gasteiger partial charge in [0.2, 0.25) is 0 Å². The van der Waals surface area contributed by atoms with Gasteiger partial charge in [-0.1, -0.05) is 26.2 Å². The van der Waals surface area contributed by atoms with Gasteiger partial charge in [0, 0.05) is 36.5 Å². The largest absolute Gasteiger partial charge is 0.421 e. The summed E-state index contributed by atoms with van der Waals surface area (Å²) in [6.45, 7) is 26.2. The third kappa shape index (κ3) is 66.3. The molecule has 0 rings (SSSR count). The zero-order valence-corrected chi connectivity index (χ0v) is 23.6. The molecule has 0 aromatic carbocycles. The van der Waals surface area contributed by atoms with E-state index in [9.17, 15) is 0 Å². The standard InChI is InChI=1S/C4H12O2Si.2C4H12OSi.C4H12Si/c1-5-7(3,4)6-2;2*1-5-6(2,3)4;1-5(2,3)4/h1-4H3;2*1-4H3;1-4H3. The predicted molar refractivity (Wildman–Crippen MR) is 121 cm³/mol. The molecule has 0 spiro atoms. The molecule has 0 atom stereocenters. The lowest BCUT2D eigenvalue weighted by Gasteiger charge is -2.15. The highest BCUT2D eigenvalue weighted by Gasteiger charge is 2.19. The van der Waals surface area contributed by atoms with Crippen LogP contribution in [-0.2, 0) is 17.7 Å². The van der Waals surface area contributed by atoms with Crippen molar-refractivity contribution >= 4 is 33.3 Å². The molecule has 0 heterocycles. The quantitative estimate of drug-likeness (QED) is 0.537. The van der Waals surface area contributed by atoms with E-state index < -0.39 is 33.3 Å². The molecule has 4 nitrogen and oxygen atoms in total. The Labute approximate surface area is 158 Å². The lowest BCUT2D eigenvalue weighted by atomic mass is 11.8. The van der Waals surface area contributed by atoms with Gasteiger partial charge in [-0.3, -0.25) is 0 Å². The van der Waals surface area contributed by atoms with E-state index in [1.165, 1.54) is 0 Å². The summed E-state index contributed by atoms with van der Waals surface area (Å²) in [5, 5.41) is 0. The highest BCUT2D eigenvalue weighted by atomic mass is 28.4. The molecule has 0 radical (unpaired) electrons. The second kappa shape index (κ2) is 14.8. The minimum Gasteiger partial charge on any atom is -0.421 e. The van der Waals surface area contributed by atoms with E-state index in [2.05, 4.69) is 65.5 Å². The number of hydrogen-bond donors (Lipinski definition) is 0. The van der Waals surface area contributed by atoms with E-state index in [-0.39, 0.29) is 0 Å². The molecule has 0 aliphatic carbocycles. The van der Waals surface area contributed by atoms with E-state index in [4.69, 9.17) is 17.7 Å². The topological polar surface area (TPSA) is 36.9 Å². The summed E-state index contributed by atoms with van der Waals surface area (Å²) < 4.78 is 20.2. The maximum Gasteiger partial charge on any atom is 0.331 e. The van der Waals surface area contributed by atoms with Crippen LogP contribution in [0.4, 0.5) is 0 Å². The van der Waals surface area contributed by atoms with Crippen molar-refractivity contribution in [3.63, 3.8) is 0 Å². The first-order valence-corrected chi connectivity index (χ1v) is 22.1. The molecule has 8 heteroatoms. The van der Waals surface area contributed by atoms with E-state index >= 15 is 0 Å². The van der Waals surface area contributed by atoms with E-state index in [1.807, 2.05) is 13.1 Å². The number of hydrogen-bond acceptors (Lipinski definition) is 4. The van der Waals surface area contributed by atoms with Crippen molar-refractivity contribution in [1.82, 2.24) is 0 Å². The van der Waals surface area contributed by atoms with Gasteiger partial charge in [0.1, 0.15) is 0 Å². The SMILES string of the molecule is CO[Si](C)(C)C.CO[Si](C)(C)C.CO[Si](C)(C)OC.C[Si](C)(C)C. The van der Waals surface area contributed by atoms with Crippen LogP contribution < -0.4 is 0 Å². The fraction of sp³-hybridized carbons (Fsp3) is 1.00. The lowest BCUT2D eigenvalue weighted by molar-refractivity contribution is 0.258. The Bertz CT molecular complexity index is 241. The monoisotopic (exact) mass is 416 g/mol. The molecule has 0 aliphatic rings. The van der Waals surface area contributed by atoms with E-state index in [0.29, 0.717) is 0 Å². The smallest absolute Gasteiger partial charge is 0.331 e. The van der Waals surface area contributed by atoms with Crippen LogP contribution in [0.2, 0.25) is 78.6 Å². The van der Waals surface area contributed by atoms with Gasteiger partial charge in [-0.15, -0.1) is 0 Å². The second-order valence-electron chi connectivity index (χ2n) is 9.44. The molecule has 0 aliphatic heterocycles. The minimum atomic E-state index is -1.65. The predicted octanol–water partition coefficient (Wildman–Crippen LogP) is 5.87. The van der Waals surface area contributed by atoms with Crippen molar-refractivity contribution < 1.29 is 17.7 Å². The lowest BCUT2D eigenvalue weighted by Crippen LogP contribution is -2.31. The molecule has 0 aromatic heterocycles. The zero-order valence-electron chi connectivity index (χ0n) is 19.6. The molecular formula is C16H48O4Si4. The summed E-state index contributed by atoms with van der Waals surface area (Å²) in [6.07, 6.45) is 0. The highest BCUT2D eigenvalue weighted by Crippen LogP contribution is 2.00. The van der Waals surface area contributed by atoms with E-state index in [1.54, 1.807) is 28.4 Å². The highest BCUT2D eigenvalue weighted by molar-refractivity contribution is 6.74. The minimum absolute atomic E-state index is 0.611. The van der Waals surface area contributed by atoms with Crippen molar-refractivity contribution in [2.45, 2.75) is 78.6 Å². The molecule has 0 fully saturated rings. The summed E-state index contributed by atoms with van der Waals surface area (Å²) >= 11 is 0. The second-order valence-corrected chi connectivity index (χ2v) is 28.3. The van der Waals surface area contributed by atoms with Crippen LogP contribution in [0.1, 0.15) is 0 Å². The van der Waals surface area contributed by atoms with Gasteiger partial charge < -0.3 is 17.7 Å². The molecule has 0 unspecified atom stereocenters. The van der Waals surface area contributed by atoms with Gasteiger partial charge in [0.25, 0.3) is 0 Å². The van der Waals surface area contributed by atoms with Crippen molar-refractivity contribution in [3.8, 4) is 0 Å². The van der Waals surface area contributed by atoms with Crippen LogP contribution in [0.5, 0.6) is 0 Å². The average molecular weight is 417 g/mol. The Morgan fingerprint density at radius 3 is 0.500 bits per heavy atom. The van der Waals surface area contributed by atoms with Crippen LogP contribution in [0.3, 0.4) is 0 Å². The Kier molecular flexibility index (Phi) is 20.0. The molecule has 152 valence electrons. The van der Waals surface area contributed by atoms with Crippen molar-refractivity contribution in [1.29, 1.82) is 0 Å². The first kappa shape index (κ1) is 32.4. The summed E-state index contributed by atoms with van der Waals surface area (Å²) in [5.41, 5.74) is 0. The molecule has 0 amide bonds. The van der Waals surface area contributed by atoms with Crippen LogP contribution >= 0.6 is 0 Å². The summed E-state index contributed by atoms with van der Waals surface area (Å²) in [5.74, 6) is 0. The van der Waals surface area contributed by atoms with Crippen molar-refractivity contribution in [3.05, 3.63) is 0 Å². The third-order valence-electron chi connectivity index (χ3n) is 2.21. The maximum absolute atomic E-state index is 5.08. The van der Waals surface area contributed by atoms with Gasteiger partial charge in [-0.2, -0.15) is 0 Å². The van der Waals surface area contributed by atoms with Gasteiger partial charge in [0.15, 0.2) is 16.6 Å². The fourth-order valence-corrected chi connectivity index (χ4v) is 0.250. The average Bonchev–Trinajstić information content (AvgIpc) is 2.36. The fourth-order valence-electron chi connectivity index (χ4n) is 0.0833. The van der Waals surface area contributed by atoms with Crippen LogP contribution in [0, 0.1) is 0 Å². The van der Waals surface area contributed by atoms with Crippen LogP contribution in [0.25, 0.3) is 0 Å². The first-order chi connectivity index (χ1) is 10.2. The van der Waals surface area contributed by atoms with Gasteiger partial charge >= 0.3 is 8.56 Å². The van der Waals surface area contributed by atoms with Crippen molar-refractivity contribution in [2.75, 3.05) is 28.4 Å². The van der Waals surface area contributed by atoms with E-state index in [0.717, 1.165) is 0 Å². The molecule has 0 saturated carbocycles. The summed E-state index contributed by atoms with van der Waals surface area (Å²) in [4.78, 5) is 0. The van der Waals surface area contributed by atoms with Crippen LogP contribution in [0.15, 0.2) is 0 Å². The normalized spacial score (nSPS) is 12.0. The Morgan fingerprint density at radius 2 is 0.500 bits per heavy atom. The maximum atomic E-state index is 5.08. The van der Waals surface area contributed by atoms with Crippen molar-refractivity contribution in [2.24, 2.45) is 0 Å². The molecule has 24 heavy (non-hydrogen) atoms.